The molecule has 3 fully saturated rings. The third-order valence-corrected chi connectivity index (χ3v) is 9.79. The lowest BCUT2D eigenvalue weighted by Gasteiger charge is -2.39. The highest BCUT2D eigenvalue weighted by Crippen LogP contribution is 2.42. The molecule has 0 unspecified atom stereocenters. The van der Waals surface area contributed by atoms with E-state index in [1.807, 2.05) is 19.4 Å². The monoisotopic (exact) mass is 659 g/mol. The molecular weight excluding hydrogens is 616 g/mol. The highest BCUT2D eigenvalue weighted by Gasteiger charge is 2.32. The first-order valence-corrected chi connectivity index (χ1v) is 16.7. The van der Waals surface area contributed by atoms with E-state index in [9.17, 15) is 8.78 Å². The summed E-state index contributed by atoms with van der Waals surface area (Å²) in [6.45, 7) is 7.79. The summed E-state index contributed by atoms with van der Waals surface area (Å²) in [5.41, 5.74) is 4.08. The zero-order chi connectivity index (χ0) is 33.2. The van der Waals surface area contributed by atoms with Crippen molar-refractivity contribution in [2.24, 2.45) is 13.0 Å². The number of halogens is 2. The molecule has 5 heterocycles. The predicted octanol–water partition coefficient (Wildman–Crippen LogP) is 5.25. The van der Waals surface area contributed by atoms with Gasteiger partial charge in [-0.25, -0.2) is 23.8 Å². The number of methoxy groups -OCH3 is 1. The number of likely N-dealkylation sites (tertiary alicyclic amines) is 1. The van der Waals surface area contributed by atoms with Crippen LogP contribution in [0.15, 0.2) is 55.1 Å². The van der Waals surface area contributed by atoms with Crippen molar-refractivity contribution >= 4 is 23.0 Å². The van der Waals surface area contributed by atoms with E-state index in [0.717, 1.165) is 60.7 Å². The van der Waals surface area contributed by atoms with E-state index < -0.39 is 17.7 Å². The molecule has 3 aliphatic rings. The number of aromatic nitrogens is 4. The molecule has 0 spiro atoms. The van der Waals surface area contributed by atoms with Crippen LogP contribution in [-0.4, -0.2) is 96.1 Å². The Kier molecular flexibility index (Phi) is 9.42. The van der Waals surface area contributed by atoms with Crippen molar-refractivity contribution in [1.29, 1.82) is 0 Å². The Balaban J connectivity index is 1.13. The number of aryl methyl sites for hydroxylation is 1. The molecule has 254 valence electrons. The molecule has 0 radical (unpaired) electrons. The molecule has 3 saturated heterocycles. The Morgan fingerprint density at radius 1 is 0.979 bits per heavy atom. The summed E-state index contributed by atoms with van der Waals surface area (Å²) in [6, 6.07) is 9.56. The van der Waals surface area contributed by atoms with E-state index in [2.05, 4.69) is 54.3 Å². The molecule has 1 atom stereocenters. The average molecular weight is 660 g/mol. The first-order valence-electron chi connectivity index (χ1n) is 16.7. The van der Waals surface area contributed by atoms with Gasteiger partial charge in [-0.15, -0.1) is 0 Å². The highest BCUT2D eigenvalue weighted by atomic mass is 19.2. The molecule has 1 N–H and O–H groups in total. The van der Waals surface area contributed by atoms with Gasteiger partial charge in [0.2, 0.25) is 0 Å². The topological polar surface area (TPSA) is 87.1 Å². The van der Waals surface area contributed by atoms with Gasteiger partial charge in [-0.1, -0.05) is 12.1 Å². The van der Waals surface area contributed by atoms with E-state index in [-0.39, 0.29) is 5.56 Å². The smallest absolute Gasteiger partial charge is 0.164 e. The number of nitrogens with one attached hydrogen (secondary N) is 1. The Morgan fingerprint density at radius 2 is 1.79 bits per heavy atom. The molecule has 48 heavy (non-hydrogen) atoms. The SMILES string of the molecule is COc1cc(N2CCN(CC3CCN(C)CC3)CC2)c(-c2cnn(C)c2)cc1Nc1cc(N2OCC[C@@H]2c2cccc(F)c2F)ncn1. The number of benzene rings is 2. The zero-order valence-electron chi connectivity index (χ0n) is 27.8. The van der Waals surface area contributed by atoms with Crippen LogP contribution in [0, 0.1) is 17.6 Å². The van der Waals surface area contributed by atoms with Crippen molar-refractivity contribution in [3.8, 4) is 16.9 Å². The van der Waals surface area contributed by atoms with Crippen molar-refractivity contribution in [2.75, 3.05) is 81.9 Å². The van der Waals surface area contributed by atoms with E-state index in [1.165, 1.54) is 49.9 Å². The fourth-order valence-corrected chi connectivity index (χ4v) is 7.10. The third-order valence-electron chi connectivity index (χ3n) is 9.79. The summed E-state index contributed by atoms with van der Waals surface area (Å²) < 4.78 is 36.5. The van der Waals surface area contributed by atoms with Crippen molar-refractivity contribution in [3.05, 3.63) is 72.3 Å². The summed E-state index contributed by atoms with van der Waals surface area (Å²) in [5.74, 6) is 0.607. The molecule has 2 aromatic heterocycles. The zero-order valence-corrected chi connectivity index (χ0v) is 27.8. The molecule has 3 aliphatic heterocycles. The normalized spacial score (nSPS) is 19.6. The van der Waals surface area contributed by atoms with Crippen LogP contribution in [0.25, 0.3) is 11.1 Å². The predicted molar refractivity (Wildman–Crippen MR) is 182 cm³/mol. The van der Waals surface area contributed by atoms with Gasteiger partial charge in [0.25, 0.3) is 0 Å². The fraction of sp³-hybridized carbons (Fsp3) is 0.457. The lowest BCUT2D eigenvalue weighted by molar-refractivity contribution is 0.156. The lowest BCUT2D eigenvalue weighted by Crippen LogP contribution is -2.48. The Morgan fingerprint density at radius 3 is 2.54 bits per heavy atom. The number of anilines is 4. The average Bonchev–Trinajstić information content (AvgIpc) is 3.77. The number of hydrogen-bond donors (Lipinski definition) is 1. The number of rotatable bonds is 9. The number of hydrogen-bond acceptors (Lipinski definition) is 10. The van der Waals surface area contributed by atoms with E-state index in [0.29, 0.717) is 30.4 Å². The molecule has 4 aromatic rings. The minimum absolute atomic E-state index is 0.224. The first-order chi connectivity index (χ1) is 23.4. The van der Waals surface area contributed by atoms with E-state index in [1.54, 1.807) is 23.9 Å². The second-order valence-corrected chi connectivity index (χ2v) is 13.0. The van der Waals surface area contributed by atoms with Crippen molar-refractivity contribution in [3.63, 3.8) is 0 Å². The lowest BCUT2D eigenvalue weighted by atomic mass is 9.96. The Labute approximate surface area is 280 Å². The van der Waals surface area contributed by atoms with Crippen LogP contribution in [0.3, 0.4) is 0 Å². The van der Waals surface area contributed by atoms with Crippen molar-refractivity contribution < 1.29 is 18.4 Å². The highest BCUT2D eigenvalue weighted by molar-refractivity contribution is 5.85. The number of piperidine rings is 1. The van der Waals surface area contributed by atoms with Gasteiger partial charge in [0.1, 0.15) is 17.9 Å². The van der Waals surface area contributed by atoms with Crippen LogP contribution in [0.4, 0.5) is 31.8 Å². The second kappa shape index (κ2) is 14.0. The molecule has 0 bridgehead atoms. The number of ether oxygens (including phenoxy) is 1. The fourth-order valence-electron chi connectivity index (χ4n) is 7.10. The molecule has 7 rings (SSSR count). The van der Waals surface area contributed by atoms with Crippen LogP contribution < -0.4 is 20.0 Å². The van der Waals surface area contributed by atoms with Gasteiger partial charge >= 0.3 is 0 Å². The van der Waals surface area contributed by atoms with Gasteiger partial charge in [-0.05, 0) is 51.0 Å². The molecule has 11 nitrogen and oxygen atoms in total. The van der Waals surface area contributed by atoms with Gasteiger partial charge in [-0.3, -0.25) is 14.4 Å². The maximum Gasteiger partial charge on any atom is 0.164 e. The molecule has 0 aliphatic carbocycles. The van der Waals surface area contributed by atoms with Crippen LogP contribution in [0.1, 0.15) is 30.9 Å². The number of piperazine rings is 1. The molecule has 0 amide bonds. The molecule has 0 saturated carbocycles. The molecule has 2 aromatic carbocycles. The molecular formula is C35H43F2N9O2. The van der Waals surface area contributed by atoms with Gasteiger partial charge in [0, 0.05) is 86.9 Å². The summed E-state index contributed by atoms with van der Waals surface area (Å²) in [7, 11) is 5.79. The van der Waals surface area contributed by atoms with Crippen LogP contribution in [0.2, 0.25) is 0 Å². The van der Waals surface area contributed by atoms with Crippen LogP contribution >= 0.6 is 0 Å². The second-order valence-electron chi connectivity index (χ2n) is 13.0. The maximum atomic E-state index is 14.7. The van der Waals surface area contributed by atoms with Crippen LogP contribution in [-0.2, 0) is 11.9 Å². The number of hydroxylamine groups is 1. The van der Waals surface area contributed by atoms with Crippen molar-refractivity contribution in [1.82, 2.24) is 29.5 Å². The summed E-state index contributed by atoms with van der Waals surface area (Å²) in [5, 5.41) is 9.40. The van der Waals surface area contributed by atoms with E-state index >= 15 is 0 Å². The summed E-state index contributed by atoms with van der Waals surface area (Å²) in [4.78, 5) is 22.2. The third kappa shape index (κ3) is 6.80. The Hall–Kier alpha value is -4.33. The van der Waals surface area contributed by atoms with Crippen LogP contribution in [0.5, 0.6) is 5.75 Å². The van der Waals surface area contributed by atoms with Gasteiger partial charge in [-0.2, -0.15) is 5.10 Å². The van der Waals surface area contributed by atoms with Gasteiger partial charge < -0.3 is 19.9 Å². The first kappa shape index (κ1) is 32.2. The Bertz CT molecular complexity index is 1720. The quantitative estimate of drug-likeness (QED) is 0.257. The largest absolute Gasteiger partial charge is 0.494 e. The van der Waals surface area contributed by atoms with Crippen molar-refractivity contribution in [2.45, 2.75) is 25.3 Å². The standard InChI is InChI=1S/C35H43F2N9O2/c1-42-10-7-24(8-11-42)21-44-12-14-45(15-13-44)31-18-32(47-3)29(17-27(31)25-20-40-43(2)22-25)41-33-19-34(39-23-38-33)46-30(9-16-48-46)26-5-4-6-28(36)35(26)37/h4-6,17-20,22-24,30H,7-16,21H2,1-3H3,(H,38,39,41)/t30-/m1/s1. The minimum Gasteiger partial charge on any atom is -0.494 e. The minimum atomic E-state index is -0.890. The van der Waals surface area contributed by atoms with Gasteiger partial charge in [0.15, 0.2) is 17.5 Å². The maximum absolute atomic E-state index is 14.7. The summed E-state index contributed by atoms with van der Waals surface area (Å²) in [6.07, 6.45) is 8.36. The van der Waals surface area contributed by atoms with Gasteiger partial charge in [0.05, 0.1) is 31.6 Å². The number of nitrogens with zero attached hydrogens (tertiary/aromatic N) is 8. The van der Waals surface area contributed by atoms with E-state index in [4.69, 9.17) is 9.57 Å². The molecule has 13 heteroatoms. The summed E-state index contributed by atoms with van der Waals surface area (Å²) >= 11 is 0.